The topological polar surface area (TPSA) is 32.3 Å². The van der Waals surface area contributed by atoms with Crippen molar-refractivity contribution < 1.29 is 4.79 Å². The lowest BCUT2D eigenvalue weighted by Crippen LogP contribution is -2.33. The molecule has 0 radical (unpaired) electrons. The molecule has 3 nitrogen and oxygen atoms in total. The first-order valence-corrected chi connectivity index (χ1v) is 9.47. The number of carbonyl (C=O) groups is 1. The molecule has 0 unspecified atom stereocenters. The van der Waals surface area contributed by atoms with Crippen LogP contribution in [0, 0.1) is 5.92 Å². The normalized spacial score (nSPS) is 22.5. The maximum atomic E-state index is 12.6. The number of rotatable bonds is 2. The van der Waals surface area contributed by atoms with Gasteiger partial charge in [0.2, 0.25) is 0 Å². The Morgan fingerprint density at radius 3 is 2.48 bits per heavy atom. The molecule has 130 valence electrons. The highest BCUT2D eigenvalue weighted by atomic mass is 16.2. The second kappa shape index (κ2) is 6.91. The molecule has 0 aromatic heterocycles. The fourth-order valence-corrected chi connectivity index (χ4v) is 4.17. The fourth-order valence-electron chi connectivity index (χ4n) is 4.17. The van der Waals surface area contributed by atoms with E-state index in [-0.39, 0.29) is 6.03 Å². The second-order valence-electron chi connectivity index (χ2n) is 7.54. The fraction of sp³-hybridized carbons (Fsp3) is 0.409. The highest BCUT2D eigenvalue weighted by Crippen LogP contribution is 2.36. The molecule has 3 heteroatoms. The van der Waals surface area contributed by atoms with Crippen molar-refractivity contribution in [3.63, 3.8) is 0 Å². The number of para-hydroxylation sites is 1. The smallest absolute Gasteiger partial charge is 0.308 e. The van der Waals surface area contributed by atoms with E-state index in [9.17, 15) is 4.79 Å². The zero-order chi connectivity index (χ0) is 17.2. The molecule has 25 heavy (non-hydrogen) atoms. The maximum Gasteiger partial charge on any atom is 0.326 e. The van der Waals surface area contributed by atoms with Gasteiger partial charge < -0.3 is 5.32 Å². The Morgan fingerprint density at radius 1 is 1.00 bits per heavy atom. The van der Waals surface area contributed by atoms with Gasteiger partial charge in [-0.1, -0.05) is 50.1 Å². The molecule has 1 N–H and O–H groups in total. The second-order valence-corrected chi connectivity index (χ2v) is 7.54. The number of amides is 2. The minimum Gasteiger partial charge on any atom is -0.308 e. The Morgan fingerprint density at radius 2 is 1.72 bits per heavy atom. The Labute approximate surface area is 150 Å². The van der Waals surface area contributed by atoms with Crippen molar-refractivity contribution in [2.24, 2.45) is 5.92 Å². The first-order valence-electron chi connectivity index (χ1n) is 9.47. The SMILES string of the molecule is CC1CCC(c2ccc(NC(=O)N3CCc4ccccc43)cc2)CC1. The number of nitrogens with one attached hydrogen (secondary N) is 1. The summed E-state index contributed by atoms with van der Waals surface area (Å²) in [6.07, 6.45) is 6.17. The van der Waals surface area contributed by atoms with E-state index in [0.717, 1.165) is 30.3 Å². The third-order valence-corrected chi connectivity index (χ3v) is 5.78. The summed E-state index contributed by atoms with van der Waals surface area (Å²) in [6.45, 7) is 3.11. The summed E-state index contributed by atoms with van der Waals surface area (Å²) < 4.78 is 0. The average molecular weight is 334 g/mol. The maximum absolute atomic E-state index is 12.6. The summed E-state index contributed by atoms with van der Waals surface area (Å²) in [5.41, 5.74) is 4.58. The van der Waals surface area contributed by atoms with Gasteiger partial charge in [-0.3, -0.25) is 4.90 Å². The molecule has 2 amide bonds. The van der Waals surface area contributed by atoms with Crippen LogP contribution < -0.4 is 10.2 Å². The standard InChI is InChI=1S/C22H26N2O/c1-16-6-8-17(9-7-16)18-10-12-20(13-11-18)23-22(25)24-15-14-19-4-2-3-5-21(19)24/h2-5,10-13,16-17H,6-9,14-15H2,1H3,(H,23,25). The lowest BCUT2D eigenvalue weighted by atomic mass is 9.79. The molecule has 2 aromatic rings. The molecule has 1 heterocycles. The molecule has 1 saturated carbocycles. The first-order chi connectivity index (χ1) is 12.2. The number of urea groups is 1. The van der Waals surface area contributed by atoms with Crippen LogP contribution in [-0.2, 0) is 6.42 Å². The van der Waals surface area contributed by atoms with Gasteiger partial charge in [0.05, 0.1) is 0 Å². The van der Waals surface area contributed by atoms with Crippen LogP contribution in [0.15, 0.2) is 48.5 Å². The van der Waals surface area contributed by atoms with E-state index in [2.05, 4.69) is 30.4 Å². The molecule has 0 saturated heterocycles. The Kier molecular flexibility index (Phi) is 4.48. The molecule has 1 fully saturated rings. The number of fused-ring (bicyclic) bond motifs is 1. The average Bonchev–Trinajstić information content (AvgIpc) is 3.07. The van der Waals surface area contributed by atoms with Crippen LogP contribution in [0.4, 0.5) is 16.2 Å². The van der Waals surface area contributed by atoms with E-state index in [0.29, 0.717) is 5.92 Å². The van der Waals surface area contributed by atoms with Crippen LogP contribution in [0.2, 0.25) is 0 Å². The number of hydrogen-bond acceptors (Lipinski definition) is 1. The van der Waals surface area contributed by atoms with E-state index in [1.807, 2.05) is 35.2 Å². The van der Waals surface area contributed by atoms with Gasteiger partial charge in [-0.25, -0.2) is 4.79 Å². The lowest BCUT2D eigenvalue weighted by Gasteiger charge is -2.26. The third-order valence-electron chi connectivity index (χ3n) is 5.78. The number of hydrogen-bond donors (Lipinski definition) is 1. The lowest BCUT2D eigenvalue weighted by molar-refractivity contribution is 0.257. The minimum atomic E-state index is -0.0378. The van der Waals surface area contributed by atoms with Gasteiger partial charge in [0.15, 0.2) is 0 Å². The van der Waals surface area contributed by atoms with Crippen LogP contribution in [-0.4, -0.2) is 12.6 Å². The molecule has 2 aliphatic rings. The molecule has 1 aliphatic carbocycles. The van der Waals surface area contributed by atoms with Gasteiger partial charge in [-0.15, -0.1) is 0 Å². The van der Waals surface area contributed by atoms with Crippen molar-refractivity contribution >= 4 is 17.4 Å². The van der Waals surface area contributed by atoms with Crippen molar-refractivity contribution in [2.75, 3.05) is 16.8 Å². The molecule has 2 aromatic carbocycles. The van der Waals surface area contributed by atoms with Crippen molar-refractivity contribution in [3.8, 4) is 0 Å². The van der Waals surface area contributed by atoms with Gasteiger partial charge in [0, 0.05) is 17.9 Å². The first kappa shape index (κ1) is 16.2. The summed E-state index contributed by atoms with van der Waals surface area (Å²) in [4.78, 5) is 14.5. The molecule has 0 bridgehead atoms. The van der Waals surface area contributed by atoms with Gasteiger partial charge in [0.1, 0.15) is 0 Å². The Bertz CT molecular complexity index is 745. The van der Waals surface area contributed by atoms with Gasteiger partial charge >= 0.3 is 6.03 Å². The zero-order valence-electron chi connectivity index (χ0n) is 14.9. The molecular formula is C22H26N2O. The van der Waals surface area contributed by atoms with E-state index in [4.69, 9.17) is 0 Å². The van der Waals surface area contributed by atoms with Crippen molar-refractivity contribution in [1.82, 2.24) is 0 Å². The number of nitrogens with zero attached hydrogens (tertiary/aromatic N) is 1. The monoisotopic (exact) mass is 334 g/mol. The molecule has 4 rings (SSSR count). The van der Waals surface area contributed by atoms with Crippen molar-refractivity contribution in [1.29, 1.82) is 0 Å². The van der Waals surface area contributed by atoms with Crippen molar-refractivity contribution in [3.05, 3.63) is 59.7 Å². The highest BCUT2D eigenvalue weighted by Gasteiger charge is 2.24. The minimum absolute atomic E-state index is 0.0378. The number of benzene rings is 2. The van der Waals surface area contributed by atoms with Crippen LogP contribution in [0.25, 0.3) is 0 Å². The summed E-state index contributed by atoms with van der Waals surface area (Å²) in [7, 11) is 0. The van der Waals surface area contributed by atoms with Gasteiger partial charge in [-0.05, 0) is 60.4 Å². The van der Waals surface area contributed by atoms with Crippen LogP contribution in [0.3, 0.4) is 0 Å². The predicted molar refractivity (Wildman–Crippen MR) is 103 cm³/mol. The van der Waals surface area contributed by atoms with E-state index >= 15 is 0 Å². The summed E-state index contributed by atoms with van der Waals surface area (Å²) in [6, 6.07) is 16.6. The van der Waals surface area contributed by atoms with E-state index in [1.165, 1.54) is 36.8 Å². The molecule has 1 aliphatic heterocycles. The largest absolute Gasteiger partial charge is 0.326 e. The van der Waals surface area contributed by atoms with Crippen LogP contribution in [0.5, 0.6) is 0 Å². The zero-order valence-corrected chi connectivity index (χ0v) is 14.9. The van der Waals surface area contributed by atoms with Gasteiger partial charge in [-0.2, -0.15) is 0 Å². The quantitative estimate of drug-likeness (QED) is 0.764. The van der Waals surface area contributed by atoms with Gasteiger partial charge in [0.25, 0.3) is 0 Å². The van der Waals surface area contributed by atoms with Crippen molar-refractivity contribution in [2.45, 2.75) is 44.9 Å². The summed E-state index contributed by atoms with van der Waals surface area (Å²) >= 11 is 0. The van der Waals surface area contributed by atoms with Crippen LogP contribution >= 0.6 is 0 Å². The highest BCUT2D eigenvalue weighted by molar-refractivity contribution is 6.03. The Hall–Kier alpha value is -2.29. The number of carbonyl (C=O) groups excluding carboxylic acids is 1. The summed E-state index contributed by atoms with van der Waals surface area (Å²) in [5.74, 6) is 1.56. The molecule has 0 atom stereocenters. The molecular weight excluding hydrogens is 308 g/mol. The van der Waals surface area contributed by atoms with E-state index in [1.54, 1.807) is 0 Å². The number of anilines is 2. The Balaban J connectivity index is 1.41. The predicted octanol–water partition coefficient (Wildman–Crippen LogP) is 5.57. The van der Waals surface area contributed by atoms with Crippen LogP contribution in [0.1, 0.15) is 49.7 Å². The molecule has 0 spiro atoms. The van der Waals surface area contributed by atoms with E-state index < -0.39 is 0 Å². The summed E-state index contributed by atoms with van der Waals surface area (Å²) in [5, 5.41) is 3.05. The third kappa shape index (κ3) is 3.41.